The Balaban J connectivity index is 2.76. The van der Waals surface area contributed by atoms with Crippen LogP contribution in [0, 0.1) is 0 Å². The maximum atomic E-state index is 11.1. The number of esters is 2. The van der Waals surface area contributed by atoms with E-state index in [0.717, 1.165) is 0 Å². The van der Waals surface area contributed by atoms with Crippen molar-refractivity contribution in [2.24, 2.45) is 0 Å². The molecule has 22 heavy (non-hydrogen) atoms. The van der Waals surface area contributed by atoms with E-state index in [1.807, 2.05) is 0 Å². The van der Waals surface area contributed by atoms with Crippen LogP contribution in [0.4, 0.5) is 4.79 Å². The summed E-state index contributed by atoms with van der Waals surface area (Å²) in [6.45, 7) is 4.53. The Bertz CT molecular complexity index is 517. The minimum atomic E-state index is -0.751. The normalized spacial score (nSPS) is 9.77. The average Bonchev–Trinajstić information content (AvgIpc) is 2.37. The molecule has 1 rings (SSSR count). The maximum Gasteiger partial charge on any atom is 0.508 e. The van der Waals surface area contributed by atoms with Crippen molar-refractivity contribution in [1.29, 1.82) is 0 Å². The lowest BCUT2D eigenvalue weighted by Gasteiger charge is -2.09. The van der Waals surface area contributed by atoms with Crippen molar-refractivity contribution in [3.63, 3.8) is 0 Å². The summed E-state index contributed by atoms with van der Waals surface area (Å²) in [6.07, 6.45) is -0.402. The lowest BCUT2D eigenvalue weighted by atomic mass is 10.1. The lowest BCUT2D eigenvalue weighted by molar-refractivity contribution is -0.132. The summed E-state index contributed by atoms with van der Waals surface area (Å²) in [5, 5.41) is 0. The van der Waals surface area contributed by atoms with Crippen molar-refractivity contribution in [3.8, 4) is 11.5 Å². The second kappa shape index (κ2) is 8.66. The van der Waals surface area contributed by atoms with Crippen LogP contribution in [0.15, 0.2) is 18.2 Å². The van der Waals surface area contributed by atoms with E-state index in [0.29, 0.717) is 12.0 Å². The standard InChI is InChI=1S/C15H18O7/c1-4-19-15(18)20-6-5-12-7-13(21-10(2)16)9-14(8-12)22-11(3)17/h7-9H,4-6H2,1-3H3. The van der Waals surface area contributed by atoms with Crippen LogP contribution in [0.25, 0.3) is 0 Å². The third-order valence-electron chi connectivity index (χ3n) is 2.34. The van der Waals surface area contributed by atoms with Gasteiger partial charge in [-0.1, -0.05) is 0 Å². The molecule has 7 heteroatoms. The van der Waals surface area contributed by atoms with Crippen molar-refractivity contribution in [1.82, 2.24) is 0 Å². The van der Waals surface area contributed by atoms with E-state index < -0.39 is 18.1 Å². The van der Waals surface area contributed by atoms with Gasteiger partial charge in [0.1, 0.15) is 11.5 Å². The largest absolute Gasteiger partial charge is 0.508 e. The molecule has 0 fully saturated rings. The SMILES string of the molecule is CCOC(=O)OCCc1cc(OC(C)=O)cc(OC(C)=O)c1. The summed E-state index contributed by atoms with van der Waals surface area (Å²) >= 11 is 0. The van der Waals surface area contributed by atoms with Gasteiger partial charge in [-0.2, -0.15) is 0 Å². The zero-order chi connectivity index (χ0) is 16.5. The molecule has 0 unspecified atom stereocenters. The molecule has 0 aromatic heterocycles. The third kappa shape index (κ3) is 6.74. The fourth-order valence-electron chi connectivity index (χ4n) is 1.64. The van der Waals surface area contributed by atoms with E-state index in [2.05, 4.69) is 4.74 Å². The van der Waals surface area contributed by atoms with Crippen LogP contribution in [0.5, 0.6) is 11.5 Å². The molecule has 0 aliphatic heterocycles. The Morgan fingerprint density at radius 1 is 0.909 bits per heavy atom. The van der Waals surface area contributed by atoms with Crippen LogP contribution in [-0.4, -0.2) is 31.3 Å². The molecule has 7 nitrogen and oxygen atoms in total. The predicted molar refractivity (Wildman–Crippen MR) is 75.7 cm³/mol. The van der Waals surface area contributed by atoms with Gasteiger partial charge in [0.2, 0.25) is 0 Å². The highest BCUT2D eigenvalue weighted by Gasteiger charge is 2.08. The molecule has 0 bridgehead atoms. The van der Waals surface area contributed by atoms with Gasteiger partial charge in [-0.15, -0.1) is 0 Å². The molecule has 0 saturated heterocycles. The summed E-state index contributed by atoms with van der Waals surface area (Å²) < 4.78 is 19.4. The Labute approximate surface area is 128 Å². The minimum Gasteiger partial charge on any atom is -0.435 e. The van der Waals surface area contributed by atoms with Gasteiger partial charge in [0, 0.05) is 26.3 Å². The molecule has 0 spiro atoms. The minimum absolute atomic E-state index is 0.0852. The highest BCUT2D eigenvalue weighted by molar-refractivity contribution is 5.71. The van der Waals surface area contributed by atoms with Gasteiger partial charge < -0.3 is 18.9 Å². The Morgan fingerprint density at radius 2 is 1.45 bits per heavy atom. The monoisotopic (exact) mass is 310 g/mol. The molecule has 0 atom stereocenters. The quantitative estimate of drug-likeness (QED) is 0.588. The summed E-state index contributed by atoms with van der Waals surface area (Å²) in [5.41, 5.74) is 0.680. The topological polar surface area (TPSA) is 88.1 Å². The second-order valence-corrected chi connectivity index (χ2v) is 4.28. The smallest absolute Gasteiger partial charge is 0.435 e. The van der Waals surface area contributed by atoms with Crippen LogP contribution in [0.3, 0.4) is 0 Å². The van der Waals surface area contributed by atoms with Crippen LogP contribution in [0.2, 0.25) is 0 Å². The molecule has 1 aromatic rings. The van der Waals surface area contributed by atoms with E-state index in [1.54, 1.807) is 19.1 Å². The molecular formula is C15H18O7. The van der Waals surface area contributed by atoms with E-state index in [9.17, 15) is 14.4 Å². The third-order valence-corrected chi connectivity index (χ3v) is 2.34. The van der Waals surface area contributed by atoms with Crippen molar-refractivity contribution < 1.29 is 33.3 Å². The fraction of sp³-hybridized carbons (Fsp3) is 0.400. The van der Waals surface area contributed by atoms with Gasteiger partial charge >= 0.3 is 18.1 Å². The number of carbonyl (C=O) groups is 3. The van der Waals surface area contributed by atoms with E-state index >= 15 is 0 Å². The predicted octanol–water partition coefficient (Wildman–Crippen LogP) is 2.25. The summed E-state index contributed by atoms with van der Waals surface area (Å²) in [7, 11) is 0. The molecule has 0 N–H and O–H groups in total. The van der Waals surface area contributed by atoms with Crippen molar-refractivity contribution in [3.05, 3.63) is 23.8 Å². The molecule has 1 aromatic carbocycles. The van der Waals surface area contributed by atoms with E-state index in [-0.39, 0.29) is 24.7 Å². The van der Waals surface area contributed by atoms with Crippen molar-refractivity contribution in [2.45, 2.75) is 27.2 Å². The molecule has 0 saturated carbocycles. The molecule has 120 valence electrons. The molecule has 0 heterocycles. The van der Waals surface area contributed by atoms with Gasteiger partial charge in [0.05, 0.1) is 13.2 Å². The van der Waals surface area contributed by atoms with Gasteiger partial charge in [0.15, 0.2) is 0 Å². The molecule has 0 amide bonds. The number of benzene rings is 1. The zero-order valence-electron chi connectivity index (χ0n) is 12.7. The van der Waals surface area contributed by atoms with Crippen molar-refractivity contribution >= 4 is 18.1 Å². The second-order valence-electron chi connectivity index (χ2n) is 4.28. The number of carbonyl (C=O) groups excluding carboxylic acids is 3. The van der Waals surface area contributed by atoms with E-state index in [4.69, 9.17) is 14.2 Å². The van der Waals surface area contributed by atoms with Gasteiger partial charge in [-0.05, 0) is 24.6 Å². The van der Waals surface area contributed by atoms with Crippen LogP contribution in [-0.2, 0) is 25.5 Å². The van der Waals surface area contributed by atoms with Gasteiger partial charge in [-0.25, -0.2) is 4.79 Å². The highest BCUT2D eigenvalue weighted by atomic mass is 16.7. The highest BCUT2D eigenvalue weighted by Crippen LogP contribution is 2.24. The van der Waals surface area contributed by atoms with Gasteiger partial charge in [0.25, 0.3) is 0 Å². The number of hydrogen-bond acceptors (Lipinski definition) is 7. The number of rotatable bonds is 6. The zero-order valence-corrected chi connectivity index (χ0v) is 12.7. The first-order valence-electron chi connectivity index (χ1n) is 6.71. The van der Waals surface area contributed by atoms with E-state index in [1.165, 1.54) is 19.9 Å². The van der Waals surface area contributed by atoms with Crippen LogP contribution < -0.4 is 9.47 Å². The van der Waals surface area contributed by atoms with Crippen LogP contribution >= 0.6 is 0 Å². The summed E-state index contributed by atoms with van der Waals surface area (Å²) in [4.78, 5) is 33.1. The molecule has 0 radical (unpaired) electrons. The first-order chi connectivity index (χ1) is 10.4. The first kappa shape index (κ1) is 17.5. The van der Waals surface area contributed by atoms with Gasteiger partial charge in [-0.3, -0.25) is 9.59 Å². The summed E-state index contributed by atoms with van der Waals surface area (Å²) in [5.74, 6) is -0.489. The molecule has 0 aliphatic carbocycles. The number of ether oxygens (including phenoxy) is 4. The van der Waals surface area contributed by atoms with Crippen LogP contribution in [0.1, 0.15) is 26.3 Å². The Kier molecular flexibility index (Phi) is 6.88. The average molecular weight is 310 g/mol. The molecule has 0 aliphatic rings. The van der Waals surface area contributed by atoms with Crippen molar-refractivity contribution in [2.75, 3.05) is 13.2 Å². The fourth-order valence-corrected chi connectivity index (χ4v) is 1.64. The number of hydrogen-bond donors (Lipinski definition) is 0. The maximum absolute atomic E-state index is 11.1. The Morgan fingerprint density at radius 3 is 1.91 bits per heavy atom. The molecular weight excluding hydrogens is 292 g/mol. The lowest BCUT2D eigenvalue weighted by Crippen LogP contribution is -2.10. The Hall–Kier alpha value is -2.57. The first-order valence-corrected chi connectivity index (χ1v) is 6.71. The summed E-state index contributed by atoms with van der Waals surface area (Å²) in [6, 6.07) is 4.63.